The van der Waals surface area contributed by atoms with Crippen LogP contribution in [0.4, 0.5) is 4.79 Å². The van der Waals surface area contributed by atoms with Crippen molar-refractivity contribution in [3.05, 3.63) is 0 Å². The molecule has 8 nitrogen and oxygen atoms in total. The quantitative estimate of drug-likeness (QED) is 0.474. The summed E-state index contributed by atoms with van der Waals surface area (Å²) < 4.78 is 22.4. The molecular weight excluding hydrogens is 276 g/mol. The van der Waals surface area contributed by atoms with Crippen LogP contribution in [0.2, 0.25) is 0 Å². The van der Waals surface area contributed by atoms with Gasteiger partial charge in [-0.25, -0.2) is 18.0 Å². The summed E-state index contributed by atoms with van der Waals surface area (Å²) in [6.45, 7) is -0.158. The second kappa shape index (κ2) is 6.71. The Kier molecular flexibility index (Phi) is 5.55. The largest absolute Gasteiger partial charge is 0.480 e. The van der Waals surface area contributed by atoms with Crippen LogP contribution < -0.4 is 10.6 Å². The molecule has 1 aliphatic rings. The summed E-state index contributed by atoms with van der Waals surface area (Å²) in [5.41, 5.74) is 0. The number of sulfone groups is 1. The molecule has 0 saturated carbocycles. The molecule has 0 aromatic rings. The molecule has 0 bridgehead atoms. The van der Waals surface area contributed by atoms with Crippen molar-refractivity contribution < 1.29 is 28.2 Å². The van der Waals surface area contributed by atoms with E-state index in [2.05, 4.69) is 10.6 Å². The monoisotopic (exact) mass is 294 g/mol. The Hall–Kier alpha value is -1.35. The van der Waals surface area contributed by atoms with Crippen LogP contribution in [-0.2, 0) is 14.6 Å². The van der Waals surface area contributed by atoms with E-state index in [1.807, 2.05) is 0 Å². The molecular formula is C10H18N2O6S. The minimum atomic E-state index is -2.99. The highest BCUT2D eigenvalue weighted by molar-refractivity contribution is 7.91. The molecule has 1 saturated heterocycles. The summed E-state index contributed by atoms with van der Waals surface area (Å²) >= 11 is 0. The molecule has 19 heavy (non-hydrogen) atoms. The maximum absolute atomic E-state index is 11.4. The van der Waals surface area contributed by atoms with Gasteiger partial charge in [-0.3, -0.25) is 0 Å². The highest BCUT2D eigenvalue weighted by atomic mass is 32.2. The molecule has 1 heterocycles. The maximum atomic E-state index is 11.4. The zero-order valence-electron chi connectivity index (χ0n) is 10.3. The van der Waals surface area contributed by atoms with Gasteiger partial charge in [0.05, 0.1) is 11.5 Å². The zero-order chi connectivity index (χ0) is 14.5. The summed E-state index contributed by atoms with van der Waals surface area (Å²) in [6.07, 6.45) is 0.419. The van der Waals surface area contributed by atoms with E-state index in [-0.39, 0.29) is 37.0 Å². The number of nitrogens with one attached hydrogen (secondary N) is 2. The van der Waals surface area contributed by atoms with Gasteiger partial charge in [-0.15, -0.1) is 0 Å². The molecule has 9 heteroatoms. The number of carbonyl (C=O) groups excluding carboxylic acids is 1. The summed E-state index contributed by atoms with van der Waals surface area (Å²) in [5, 5.41) is 22.1. The van der Waals surface area contributed by atoms with Crippen LogP contribution >= 0.6 is 0 Å². The minimum Gasteiger partial charge on any atom is -0.480 e. The van der Waals surface area contributed by atoms with Crippen molar-refractivity contribution in [2.45, 2.75) is 18.9 Å². The Bertz CT molecular complexity index is 435. The van der Waals surface area contributed by atoms with Gasteiger partial charge in [-0.05, 0) is 12.3 Å². The molecule has 1 aliphatic heterocycles. The maximum Gasteiger partial charge on any atom is 0.326 e. The zero-order valence-corrected chi connectivity index (χ0v) is 11.1. The van der Waals surface area contributed by atoms with Gasteiger partial charge in [0, 0.05) is 19.6 Å². The van der Waals surface area contributed by atoms with Gasteiger partial charge in [0.15, 0.2) is 9.84 Å². The van der Waals surface area contributed by atoms with Crippen LogP contribution in [0.1, 0.15) is 12.8 Å². The summed E-state index contributed by atoms with van der Waals surface area (Å²) in [4.78, 5) is 22.2. The first-order valence-corrected chi connectivity index (χ1v) is 7.74. The average molecular weight is 294 g/mol. The number of carboxylic acids is 1. The predicted octanol–water partition coefficient (Wildman–Crippen LogP) is -1.44. The number of rotatable bonds is 6. The summed E-state index contributed by atoms with van der Waals surface area (Å²) in [5.74, 6) is -1.18. The standard InChI is InChI=1S/C10H18N2O6S/c13-3-1-8(9(14)15)12-10(16)11-5-7-2-4-19(17,18)6-7/h7-8,13H,1-6H2,(H,14,15)(H2,11,12,16)/t7?,8-/m0/s1. The fourth-order valence-electron chi connectivity index (χ4n) is 1.87. The first-order chi connectivity index (χ1) is 8.84. The molecule has 0 spiro atoms. The van der Waals surface area contributed by atoms with E-state index in [0.29, 0.717) is 6.42 Å². The molecule has 2 atom stereocenters. The van der Waals surface area contributed by atoms with Crippen molar-refractivity contribution in [1.29, 1.82) is 0 Å². The topological polar surface area (TPSA) is 133 Å². The number of carboxylic acid groups (broad SMARTS) is 1. The van der Waals surface area contributed by atoms with Gasteiger partial charge >= 0.3 is 12.0 Å². The first-order valence-electron chi connectivity index (χ1n) is 5.92. The normalized spacial score (nSPS) is 22.7. The SMILES string of the molecule is O=C(NCC1CCS(=O)(=O)C1)N[C@@H](CCO)C(=O)O. The lowest BCUT2D eigenvalue weighted by Crippen LogP contribution is -2.47. The highest BCUT2D eigenvalue weighted by Gasteiger charge is 2.28. The number of hydrogen-bond donors (Lipinski definition) is 4. The number of carbonyl (C=O) groups is 2. The Morgan fingerprint density at radius 2 is 2.05 bits per heavy atom. The molecule has 1 fully saturated rings. The lowest BCUT2D eigenvalue weighted by atomic mass is 10.1. The van der Waals surface area contributed by atoms with Crippen molar-refractivity contribution in [3.8, 4) is 0 Å². The third-order valence-corrected chi connectivity index (χ3v) is 4.74. The van der Waals surface area contributed by atoms with E-state index in [1.54, 1.807) is 0 Å². The second-order valence-corrected chi connectivity index (χ2v) is 6.76. The average Bonchev–Trinajstić information content (AvgIpc) is 2.66. The third-order valence-electron chi connectivity index (χ3n) is 2.90. The number of amides is 2. The smallest absolute Gasteiger partial charge is 0.326 e. The van der Waals surface area contributed by atoms with Crippen LogP contribution in [0.5, 0.6) is 0 Å². The molecule has 1 rings (SSSR count). The van der Waals surface area contributed by atoms with Crippen molar-refractivity contribution in [1.82, 2.24) is 10.6 Å². The van der Waals surface area contributed by atoms with Gasteiger partial charge in [0.1, 0.15) is 6.04 Å². The number of aliphatic hydroxyl groups is 1. The predicted molar refractivity (Wildman–Crippen MR) is 66.4 cm³/mol. The van der Waals surface area contributed by atoms with Crippen molar-refractivity contribution in [2.75, 3.05) is 24.7 Å². The van der Waals surface area contributed by atoms with Gasteiger partial charge in [-0.1, -0.05) is 0 Å². The number of aliphatic hydroxyl groups excluding tert-OH is 1. The Morgan fingerprint density at radius 3 is 2.53 bits per heavy atom. The van der Waals surface area contributed by atoms with Crippen molar-refractivity contribution in [3.63, 3.8) is 0 Å². The molecule has 1 unspecified atom stereocenters. The molecule has 0 radical (unpaired) electrons. The molecule has 4 N–H and O–H groups in total. The number of hydrogen-bond acceptors (Lipinski definition) is 5. The van der Waals surface area contributed by atoms with E-state index in [1.165, 1.54) is 0 Å². The minimum absolute atomic E-state index is 0.0479. The first kappa shape index (κ1) is 15.7. The van der Waals surface area contributed by atoms with E-state index in [0.717, 1.165) is 0 Å². The van der Waals surface area contributed by atoms with Gasteiger partial charge < -0.3 is 20.8 Å². The van der Waals surface area contributed by atoms with Crippen molar-refractivity contribution >= 4 is 21.8 Å². The third kappa shape index (κ3) is 5.43. The lowest BCUT2D eigenvalue weighted by Gasteiger charge is -2.15. The number of urea groups is 1. The molecule has 0 aromatic carbocycles. The second-order valence-electron chi connectivity index (χ2n) is 4.53. The van der Waals surface area contributed by atoms with Gasteiger partial charge in [0.2, 0.25) is 0 Å². The van der Waals surface area contributed by atoms with E-state index in [4.69, 9.17) is 10.2 Å². The molecule has 0 aliphatic carbocycles. The molecule has 2 amide bonds. The van der Waals surface area contributed by atoms with E-state index in [9.17, 15) is 18.0 Å². The Labute approximate surface area is 111 Å². The van der Waals surface area contributed by atoms with Gasteiger partial charge in [-0.2, -0.15) is 0 Å². The fraction of sp³-hybridized carbons (Fsp3) is 0.800. The fourth-order valence-corrected chi connectivity index (χ4v) is 3.73. The highest BCUT2D eigenvalue weighted by Crippen LogP contribution is 2.17. The van der Waals surface area contributed by atoms with Crippen molar-refractivity contribution in [2.24, 2.45) is 5.92 Å². The van der Waals surface area contributed by atoms with Crippen LogP contribution in [-0.4, -0.2) is 61.3 Å². The van der Waals surface area contributed by atoms with Crippen LogP contribution in [0, 0.1) is 5.92 Å². The van der Waals surface area contributed by atoms with Gasteiger partial charge in [0.25, 0.3) is 0 Å². The summed E-state index contributed by atoms with van der Waals surface area (Å²) in [6, 6.07) is -1.83. The molecule has 0 aromatic heterocycles. The summed E-state index contributed by atoms with van der Waals surface area (Å²) in [7, 11) is -2.99. The Balaban J connectivity index is 2.33. The van der Waals surface area contributed by atoms with Crippen LogP contribution in [0.3, 0.4) is 0 Å². The van der Waals surface area contributed by atoms with Crippen LogP contribution in [0.15, 0.2) is 0 Å². The Morgan fingerprint density at radius 1 is 1.37 bits per heavy atom. The van der Waals surface area contributed by atoms with E-state index >= 15 is 0 Å². The number of aliphatic carboxylic acids is 1. The molecule has 110 valence electrons. The van der Waals surface area contributed by atoms with E-state index < -0.39 is 27.9 Å². The van der Waals surface area contributed by atoms with Crippen LogP contribution in [0.25, 0.3) is 0 Å². The lowest BCUT2D eigenvalue weighted by molar-refractivity contribution is -0.139.